The fourth-order valence-electron chi connectivity index (χ4n) is 3.42. The molecule has 3 rings (SSSR count). The number of fused-ring (bicyclic) bond motifs is 1. The summed E-state index contributed by atoms with van der Waals surface area (Å²) < 4.78 is 26.9. The van der Waals surface area contributed by atoms with E-state index in [1.54, 1.807) is 50.1 Å². The standard InChI is InChI=1S/C22H24F2N4O3/c1-13-10-20(29)25-18-6-4-5-7-19(18)28(13)21(30)12-27(3)14(2)22(31)26-17-9-8-15(23)11-16(17)24/h4-9,11,13-14H,10,12H2,1-3H3,(H,25,29)(H,26,31)/t13-,14-/m0/s1. The SMILES string of the molecule is C[C@@H](C(=O)Nc1ccc(F)cc1F)N(C)CC(=O)N1c2ccccc2NC(=O)C[C@@H]1C. The van der Waals surface area contributed by atoms with Crippen LogP contribution in [0.2, 0.25) is 0 Å². The molecule has 1 heterocycles. The summed E-state index contributed by atoms with van der Waals surface area (Å²) in [5, 5.41) is 5.21. The van der Waals surface area contributed by atoms with Crippen molar-refractivity contribution in [3.05, 3.63) is 54.1 Å². The van der Waals surface area contributed by atoms with E-state index in [0.29, 0.717) is 17.4 Å². The van der Waals surface area contributed by atoms with Crippen LogP contribution in [0.15, 0.2) is 42.5 Å². The number of nitrogens with zero attached hydrogens (tertiary/aromatic N) is 2. The van der Waals surface area contributed by atoms with Gasteiger partial charge in [-0.25, -0.2) is 8.78 Å². The lowest BCUT2D eigenvalue weighted by Crippen LogP contribution is -2.48. The van der Waals surface area contributed by atoms with Crippen molar-refractivity contribution >= 4 is 34.8 Å². The molecule has 7 nitrogen and oxygen atoms in total. The van der Waals surface area contributed by atoms with Gasteiger partial charge in [0.05, 0.1) is 29.6 Å². The first kappa shape index (κ1) is 22.4. The number of rotatable bonds is 5. The van der Waals surface area contributed by atoms with Crippen LogP contribution >= 0.6 is 0 Å². The zero-order chi connectivity index (χ0) is 22.7. The molecular formula is C22H24F2N4O3. The minimum Gasteiger partial charge on any atom is -0.324 e. The summed E-state index contributed by atoms with van der Waals surface area (Å²) in [5.74, 6) is -2.64. The molecule has 2 N–H and O–H groups in total. The van der Waals surface area contributed by atoms with Gasteiger partial charge >= 0.3 is 0 Å². The average molecular weight is 430 g/mol. The number of benzene rings is 2. The Balaban J connectivity index is 1.71. The zero-order valence-electron chi connectivity index (χ0n) is 17.5. The maximum absolute atomic E-state index is 13.8. The Kier molecular flexibility index (Phi) is 6.65. The third-order valence-electron chi connectivity index (χ3n) is 5.24. The van der Waals surface area contributed by atoms with Gasteiger partial charge in [-0.2, -0.15) is 0 Å². The molecule has 9 heteroatoms. The first-order chi connectivity index (χ1) is 14.7. The molecule has 2 atom stereocenters. The van der Waals surface area contributed by atoms with Gasteiger partial charge in [0, 0.05) is 18.5 Å². The number of hydrogen-bond donors (Lipinski definition) is 2. The fourth-order valence-corrected chi connectivity index (χ4v) is 3.42. The second-order valence-electron chi connectivity index (χ2n) is 7.59. The molecule has 0 spiro atoms. The molecule has 164 valence electrons. The van der Waals surface area contributed by atoms with Crippen LogP contribution in [0.4, 0.5) is 25.8 Å². The highest BCUT2D eigenvalue weighted by Gasteiger charge is 2.31. The smallest absolute Gasteiger partial charge is 0.241 e. The third kappa shape index (κ3) is 5.05. The lowest BCUT2D eigenvalue weighted by Gasteiger charge is -2.31. The van der Waals surface area contributed by atoms with Crippen LogP contribution < -0.4 is 15.5 Å². The number of carbonyl (C=O) groups excluding carboxylic acids is 3. The highest BCUT2D eigenvalue weighted by Crippen LogP contribution is 2.31. The number of anilines is 3. The predicted octanol–water partition coefficient (Wildman–Crippen LogP) is 2.99. The van der Waals surface area contributed by atoms with Crippen LogP contribution in [0.3, 0.4) is 0 Å². The van der Waals surface area contributed by atoms with Gasteiger partial charge in [-0.15, -0.1) is 0 Å². The molecule has 0 aromatic heterocycles. The molecule has 31 heavy (non-hydrogen) atoms. The number of halogens is 2. The summed E-state index contributed by atoms with van der Waals surface area (Å²) in [4.78, 5) is 40.8. The molecule has 0 unspecified atom stereocenters. The minimum atomic E-state index is -0.883. The monoisotopic (exact) mass is 430 g/mol. The molecule has 0 radical (unpaired) electrons. The van der Waals surface area contributed by atoms with E-state index in [2.05, 4.69) is 10.6 Å². The first-order valence-electron chi connectivity index (χ1n) is 9.84. The van der Waals surface area contributed by atoms with Crippen LogP contribution in [0.1, 0.15) is 20.3 Å². The second kappa shape index (κ2) is 9.22. The van der Waals surface area contributed by atoms with Crippen molar-refractivity contribution < 1.29 is 23.2 Å². The van der Waals surface area contributed by atoms with Gasteiger partial charge < -0.3 is 15.5 Å². The van der Waals surface area contributed by atoms with E-state index in [0.717, 1.165) is 12.1 Å². The van der Waals surface area contributed by atoms with E-state index in [9.17, 15) is 23.2 Å². The average Bonchev–Trinajstić information content (AvgIpc) is 2.83. The lowest BCUT2D eigenvalue weighted by molar-refractivity contribution is -0.123. The van der Waals surface area contributed by atoms with Crippen molar-refractivity contribution in [2.75, 3.05) is 29.1 Å². The molecule has 0 bridgehead atoms. The zero-order valence-corrected chi connectivity index (χ0v) is 17.5. The summed E-state index contributed by atoms with van der Waals surface area (Å²) in [6.45, 7) is 3.26. The number of carbonyl (C=O) groups is 3. The van der Waals surface area contributed by atoms with Crippen molar-refractivity contribution in [1.82, 2.24) is 4.90 Å². The van der Waals surface area contributed by atoms with Crippen molar-refractivity contribution in [3.8, 4) is 0 Å². The molecule has 0 fully saturated rings. The van der Waals surface area contributed by atoms with Crippen molar-refractivity contribution in [1.29, 1.82) is 0 Å². The van der Waals surface area contributed by atoms with E-state index in [1.165, 1.54) is 4.90 Å². The number of amides is 3. The van der Waals surface area contributed by atoms with Crippen LogP contribution in [0, 0.1) is 11.6 Å². The quantitative estimate of drug-likeness (QED) is 0.764. The maximum atomic E-state index is 13.8. The van der Waals surface area contributed by atoms with Gasteiger partial charge in [-0.05, 0) is 45.2 Å². The van der Waals surface area contributed by atoms with Crippen LogP contribution in [0.25, 0.3) is 0 Å². The molecule has 2 aromatic carbocycles. The number of hydrogen-bond acceptors (Lipinski definition) is 4. The van der Waals surface area contributed by atoms with E-state index >= 15 is 0 Å². The van der Waals surface area contributed by atoms with Gasteiger partial charge in [0.25, 0.3) is 0 Å². The van der Waals surface area contributed by atoms with Crippen LogP contribution in [0.5, 0.6) is 0 Å². The van der Waals surface area contributed by atoms with E-state index < -0.39 is 23.6 Å². The number of para-hydroxylation sites is 2. The van der Waals surface area contributed by atoms with Crippen LogP contribution in [-0.4, -0.2) is 48.3 Å². The topological polar surface area (TPSA) is 81.8 Å². The van der Waals surface area contributed by atoms with Crippen molar-refractivity contribution in [2.24, 2.45) is 0 Å². The van der Waals surface area contributed by atoms with Gasteiger partial charge in [0.2, 0.25) is 17.7 Å². The summed E-state index contributed by atoms with van der Waals surface area (Å²) in [5.41, 5.74) is 0.993. The largest absolute Gasteiger partial charge is 0.324 e. The predicted molar refractivity (Wildman–Crippen MR) is 114 cm³/mol. The second-order valence-corrected chi connectivity index (χ2v) is 7.59. The number of likely N-dealkylation sites (N-methyl/N-ethyl adjacent to an activating group) is 1. The molecule has 1 aliphatic heterocycles. The normalized spacial score (nSPS) is 16.9. The summed E-state index contributed by atoms with van der Waals surface area (Å²) >= 11 is 0. The first-order valence-corrected chi connectivity index (χ1v) is 9.84. The molecule has 0 aliphatic carbocycles. The third-order valence-corrected chi connectivity index (χ3v) is 5.24. The van der Waals surface area contributed by atoms with Gasteiger partial charge in [0.15, 0.2) is 0 Å². The molecule has 2 aromatic rings. The molecular weight excluding hydrogens is 406 g/mol. The van der Waals surface area contributed by atoms with E-state index in [-0.39, 0.29) is 36.5 Å². The Morgan fingerprint density at radius 2 is 1.97 bits per heavy atom. The van der Waals surface area contributed by atoms with Gasteiger partial charge in [-0.1, -0.05) is 12.1 Å². The Bertz CT molecular complexity index is 1010. The Hall–Kier alpha value is -3.33. The Labute approximate surface area is 179 Å². The molecule has 0 saturated carbocycles. The van der Waals surface area contributed by atoms with Crippen molar-refractivity contribution in [2.45, 2.75) is 32.4 Å². The van der Waals surface area contributed by atoms with Crippen LogP contribution in [-0.2, 0) is 14.4 Å². The van der Waals surface area contributed by atoms with E-state index in [1.807, 2.05) is 0 Å². The minimum absolute atomic E-state index is 0.104. The highest BCUT2D eigenvalue weighted by molar-refractivity contribution is 6.05. The van der Waals surface area contributed by atoms with Gasteiger partial charge in [0.1, 0.15) is 11.6 Å². The lowest BCUT2D eigenvalue weighted by atomic mass is 10.1. The van der Waals surface area contributed by atoms with Crippen molar-refractivity contribution in [3.63, 3.8) is 0 Å². The highest BCUT2D eigenvalue weighted by atomic mass is 19.1. The summed E-state index contributed by atoms with van der Waals surface area (Å²) in [6.07, 6.45) is 0.143. The van der Waals surface area contributed by atoms with E-state index in [4.69, 9.17) is 0 Å². The molecule has 0 saturated heterocycles. The summed E-state index contributed by atoms with van der Waals surface area (Å²) in [7, 11) is 1.60. The summed E-state index contributed by atoms with van der Waals surface area (Å²) in [6, 6.07) is 8.75. The Morgan fingerprint density at radius 1 is 1.26 bits per heavy atom. The maximum Gasteiger partial charge on any atom is 0.241 e. The molecule has 3 amide bonds. The Morgan fingerprint density at radius 3 is 2.68 bits per heavy atom. The number of nitrogens with one attached hydrogen (secondary N) is 2. The molecule has 1 aliphatic rings. The fraction of sp³-hybridized carbons (Fsp3) is 0.318. The van der Waals surface area contributed by atoms with Gasteiger partial charge in [-0.3, -0.25) is 19.3 Å².